The molecule has 3 heterocycles. The van der Waals surface area contributed by atoms with Gasteiger partial charge in [0, 0.05) is 45.9 Å². The number of ether oxygens (including phenoxy) is 2. The van der Waals surface area contributed by atoms with E-state index in [2.05, 4.69) is 50.4 Å². The molecule has 3 saturated heterocycles. The van der Waals surface area contributed by atoms with Gasteiger partial charge in [-0.25, -0.2) is 0 Å². The molecule has 3 atom stereocenters. The van der Waals surface area contributed by atoms with E-state index < -0.39 is 0 Å². The first kappa shape index (κ1) is 23.8. The predicted octanol–water partition coefficient (Wildman–Crippen LogP) is 3.11. The van der Waals surface area contributed by atoms with Crippen LogP contribution in [0, 0.1) is 0 Å². The van der Waals surface area contributed by atoms with Crippen molar-refractivity contribution in [3.05, 3.63) is 35.9 Å². The molecule has 1 N–H and O–H groups in total. The molecule has 3 unspecified atom stereocenters. The van der Waals surface area contributed by atoms with E-state index in [4.69, 9.17) is 9.47 Å². The first-order valence-electron chi connectivity index (χ1n) is 11.3. The van der Waals surface area contributed by atoms with Crippen molar-refractivity contribution in [1.82, 2.24) is 15.1 Å². The smallest absolute Gasteiger partial charge is 0.193 e. The molecule has 0 radical (unpaired) electrons. The standard InChI is InChI=1S/C23H36N4O2.HI/c1-24-23(27-13-15-29-22(18-27)21-11-7-14-28-21)25-16-20-10-5-6-12-26(20)17-19-8-3-2-4-9-19;/h2-4,8-9,20-22H,5-7,10-18H2,1H3,(H,24,25);1H. The molecule has 0 bridgehead atoms. The quantitative estimate of drug-likeness (QED) is 0.362. The van der Waals surface area contributed by atoms with Crippen LogP contribution in [0.5, 0.6) is 0 Å². The van der Waals surface area contributed by atoms with Crippen molar-refractivity contribution in [1.29, 1.82) is 0 Å². The van der Waals surface area contributed by atoms with Crippen molar-refractivity contribution in [2.45, 2.75) is 56.9 Å². The number of rotatable bonds is 5. The maximum absolute atomic E-state index is 6.01. The third-order valence-electron chi connectivity index (χ3n) is 6.46. The number of halogens is 1. The van der Waals surface area contributed by atoms with Crippen molar-refractivity contribution in [3.8, 4) is 0 Å². The second-order valence-electron chi connectivity index (χ2n) is 8.44. The topological polar surface area (TPSA) is 49.3 Å². The van der Waals surface area contributed by atoms with E-state index in [1.165, 1.54) is 31.4 Å². The van der Waals surface area contributed by atoms with Gasteiger partial charge in [-0.15, -0.1) is 24.0 Å². The van der Waals surface area contributed by atoms with Crippen molar-refractivity contribution in [2.75, 3.05) is 46.4 Å². The minimum absolute atomic E-state index is 0. The van der Waals surface area contributed by atoms with Crippen LogP contribution in [0.2, 0.25) is 0 Å². The molecule has 0 aliphatic carbocycles. The van der Waals surface area contributed by atoms with E-state index in [-0.39, 0.29) is 36.2 Å². The summed E-state index contributed by atoms with van der Waals surface area (Å²) in [5.41, 5.74) is 1.40. The third-order valence-corrected chi connectivity index (χ3v) is 6.46. The number of hydrogen-bond acceptors (Lipinski definition) is 4. The van der Waals surface area contributed by atoms with Gasteiger partial charge in [0.2, 0.25) is 0 Å². The summed E-state index contributed by atoms with van der Waals surface area (Å²) in [6.45, 7) is 6.53. The van der Waals surface area contributed by atoms with Gasteiger partial charge in [-0.3, -0.25) is 9.89 Å². The molecule has 1 aromatic rings. The van der Waals surface area contributed by atoms with E-state index in [0.717, 1.165) is 58.2 Å². The summed E-state index contributed by atoms with van der Waals surface area (Å²) in [7, 11) is 1.89. The van der Waals surface area contributed by atoms with Gasteiger partial charge in [0.05, 0.1) is 12.7 Å². The molecule has 0 spiro atoms. The molecule has 6 nitrogen and oxygen atoms in total. The Morgan fingerprint density at radius 2 is 1.87 bits per heavy atom. The van der Waals surface area contributed by atoms with E-state index in [1.54, 1.807) is 0 Å². The van der Waals surface area contributed by atoms with Gasteiger partial charge in [0.15, 0.2) is 5.96 Å². The fourth-order valence-corrected chi connectivity index (χ4v) is 4.85. The summed E-state index contributed by atoms with van der Waals surface area (Å²) in [6, 6.07) is 11.4. The minimum Gasteiger partial charge on any atom is -0.375 e. The van der Waals surface area contributed by atoms with Crippen LogP contribution >= 0.6 is 24.0 Å². The van der Waals surface area contributed by atoms with E-state index in [0.29, 0.717) is 6.04 Å². The molecule has 0 saturated carbocycles. The highest BCUT2D eigenvalue weighted by Crippen LogP contribution is 2.22. The number of guanidine groups is 1. The Hall–Kier alpha value is -0.900. The van der Waals surface area contributed by atoms with E-state index >= 15 is 0 Å². The number of morpholine rings is 1. The number of benzene rings is 1. The summed E-state index contributed by atoms with van der Waals surface area (Å²) >= 11 is 0. The Morgan fingerprint density at radius 3 is 2.63 bits per heavy atom. The Labute approximate surface area is 198 Å². The molecule has 168 valence electrons. The lowest BCUT2D eigenvalue weighted by molar-refractivity contribution is -0.0817. The number of nitrogens with zero attached hydrogens (tertiary/aromatic N) is 3. The van der Waals surface area contributed by atoms with Crippen LogP contribution in [0.4, 0.5) is 0 Å². The predicted molar refractivity (Wildman–Crippen MR) is 132 cm³/mol. The van der Waals surface area contributed by atoms with Crippen LogP contribution in [0.15, 0.2) is 35.3 Å². The minimum atomic E-state index is 0. The molecule has 0 aromatic heterocycles. The fourth-order valence-electron chi connectivity index (χ4n) is 4.85. The van der Waals surface area contributed by atoms with Crippen LogP contribution in [0.3, 0.4) is 0 Å². The zero-order valence-electron chi connectivity index (χ0n) is 18.2. The first-order chi connectivity index (χ1) is 14.3. The Morgan fingerprint density at radius 1 is 1.03 bits per heavy atom. The highest BCUT2D eigenvalue weighted by molar-refractivity contribution is 14.0. The second-order valence-corrected chi connectivity index (χ2v) is 8.44. The zero-order valence-corrected chi connectivity index (χ0v) is 20.5. The van der Waals surface area contributed by atoms with E-state index in [1.807, 2.05) is 7.05 Å². The molecule has 0 amide bonds. The lowest BCUT2D eigenvalue weighted by atomic mass is 10.0. The van der Waals surface area contributed by atoms with Crippen LogP contribution in [0.25, 0.3) is 0 Å². The number of nitrogens with one attached hydrogen (secondary N) is 1. The van der Waals surface area contributed by atoms with Crippen LogP contribution < -0.4 is 5.32 Å². The second kappa shape index (κ2) is 12.2. The molecule has 3 fully saturated rings. The van der Waals surface area contributed by atoms with Gasteiger partial charge in [0.1, 0.15) is 6.10 Å². The van der Waals surface area contributed by atoms with Gasteiger partial charge in [0.25, 0.3) is 0 Å². The molecule has 1 aromatic carbocycles. The normalized spacial score (nSPS) is 28.2. The lowest BCUT2D eigenvalue weighted by Crippen LogP contribution is -2.55. The van der Waals surface area contributed by atoms with E-state index in [9.17, 15) is 0 Å². The summed E-state index contributed by atoms with van der Waals surface area (Å²) in [6.07, 6.45) is 6.53. The highest BCUT2D eigenvalue weighted by atomic mass is 127. The molecular formula is C23H37IN4O2. The molecule has 7 heteroatoms. The Kier molecular flexibility index (Phi) is 9.67. The van der Waals surface area contributed by atoms with Crippen molar-refractivity contribution in [3.63, 3.8) is 0 Å². The fraction of sp³-hybridized carbons (Fsp3) is 0.696. The molecule has 3 aliphatic rings. The molecule has 4 rings (SSSR count). The summed E-state index contributed by atoms with van der Waals surface area (Å²) in [5, 5.41) is 3.67. The molecular weight excluding hydrogens is 491 g/mol. The van der Waals surface area contributed by atoms with Crippen molar-refractivity contribution >= 4 is 29.9 Å². The van der Waals surface area contributed by atoms with Crippen molar-refractivity contribution in [2.24, 2.45) is 4.99 Å². The van der Waals surface area contributed by atoms with Crippen molar-refractivity contribution < 1.29 is 9.47 Å². The maximum atomic E-state index is 6.01. The van der Waals surface area contributed by atoms with Gasteiger partial charge >= 0.3 is 0 Å². The van der Waals surface area contributed by atoms with Gasteiger partial charge < -0.3 is 19.7 Å². The maximum Gasteiger partial charge on any atom is 0.193 e. The summed E-state index contributed by atoms with van der Waals surface area (Å²) < 4.78 is 11.9. The number of hydrogen-bond donors (Lipinski definition) is 1. The number of aliphatic imine (C=N–C) groups is 1. The third kappa shape index (κ3) is 6.31. The average molecular weight is 528 g/mol. The Balaban J connectivity index is 0.00000256. The summed E-state index contributed by atoms with van der Waals surface area (Å²) in [5.74, 6) is 1.00. The lowest BCUT2D eigenvalue weighted by Gasteiger charge is -2.39. The number of likely N-dealkylation sites (tertiary alicyclic amines) is 1. The SMILES string of the molecule is CN=C(NCC1CCCCN1Cc1ccccc1)N1CCOC(C2CCCO2)C1.I. The monoisotopic (exact) mass is 528 g/mol. The first-order valence-corrected chi connectivity index (χ1v) is 11.3. The van der Waals surface area contributed by atoms with Gasteiger partial charge in [-0.05, 0) is 37.8 Å². The van der Waals surface area contributed by atoms with Gasteiger partial charge in [-0.2, -0.15) is 0 Å². The molecule has 3 aliphatic heterocycles. The largest absolute Gasteiger partial charge is 0.375 e. The summed E-state index contributed by atoms with van der Waals surface area (Å²) in [4.78, 5) is 9.56. The van der Waals surface area contributed by atoms with Gasteiger partial charge in [-0.1, -0.05) is 36.8 Å². The Bertz CT molecular complexity index is 654. The number of piperidine rings is 1. The average Bonchev–Trinajstić information content (AvgIpc) is 3.31. The molecule has 30 heavy (non-hydrogen) atoms. The zero-order chi connectivity index (χ0) is 19.9. The van der Waals surface area contributed by atoms with Crippen LogP contribution in [-0.4, -0.2) is 80.4 Å². The van der Waals surface area contributed by atoms with Crippen LogP contribution in [-0.2, 0) is 16.0 Å². The highest BCUT2D eigenvalue weighted by Gasteiger charge is 2.32. The van der Waals surface area contributed by atoms with Crippen LogP contribution in [0.1, 0.15) is 37.7 Å².